The molecule has 0 radical (unpaired) electrons. The molecule has 24 heavy (non-hydrogen) atoms. The van der Waals surface area contributed by atoms with Gasteiger partial charge in [0.2, 0.25) is 0 Å². The Balaban J connectivity index is 1.48. The standard InChI is InChI=1S/C16H17N5O2S/c1-2-21-12(5-7-17-21)16(22)20-8-6-11(10-20)14-18-15(23-19-14)13-4-3-9-24-13/h3-5,7,9,11H,2,6,8,10H2,1H3/t11-/m0/s1. The lowest BCUT2D eigenvalue weighted by Gasteiger charge is -2.16. The summed E-state index contributed by atoms with van der Waals surface area (Å²) in [6.07, 6.45) is 2.51. The number of hydrogen-bond acceptors (Lipinski definition) is 6. The Morgan fingerprint density at radius 2 is 2.38 bits per heavy atom. The molecule has 1 amide bonds. The molecule has 0 spiro atoms. The molecule has 3 aromatic heterocycles. The van der Waals surface area contributed by atoms with Crippen molar-refractivity contribution in [1.29, 1.82) is 0 Å². The molecule has 1 aliphatic heterocycles. The third kappa shape index (κ3) is 2.62. The molecule has 0 unspecified atom stereocenters. The van der Waals surface area contributed by atoms with E-state index in [2.05, 4.69) is 15.2 Å². The zero-order chi connectivity index (χ0) is 16.5. The molecule has 1 saturated heterocycles. The molecule has 124 valence electrons. The van der Waals surface area contributed by atoms with Gasteiger partial charge in [-0.3, -0.25) is 9.48 Å². The van der Waals surface area contributed by atoms with Crippen LogP contribution in [0.1, 0.15) is 35.6 Å². The lowest BCUT2D eigenvalue weighted by atomic mass is 10.1. The Kier molecular flexibility index (Phi) is 3.89. The van der Waals surface area contributed by atoms with Gasteiger partial charge in [-0.1, -0.05) is 11.2 Å². The second-order valence-corrected chi connectivity index (χ2v) is 6.65. The topological polar surface area (TPSA) is 77.0 Å². The quantitative estimate of drug-likeness (QED) is 0.728. The van der Waals surface area contributed by atoms with E-state index < -0.39 is 0 Å². The van der Waals surface area contributed by atoms with Gasteiger partial charge in [0, 0.05) is 31.7 Å². The smallest absolute Gasteiger partial charge is 0.272 e. The van der Waals surface area contributed by atoms with Gasteiger partial charge in [0.05, 0.1) is 4.88 Å². The van der Waals surface area contributed by atoms with Crippen LogP contribution in [0.5, 0.6) is 0 Å². The van der Waals surface area contributed by atoms with Gasteiger partial charge in [-0.25, -0.2) is 0 Å². The van der Waals surface area contributed by atoms with Crippen LogP contribution in [0.4, 0.5) is 0 Å². The van der Waals surface area contributed by atoms with Crippen LogP contribution >= 0.6 is 11.3 Å². The highest BCUT2D eigenvalue weighted by molar-refractivity contribution is 7.13. The van der Waals surface area contributed by atoms with Crippen molar-refractivity contribution in [2.45, 2.75) is 25.8 Å². The van der Waals surface area contributed by atoms with Crippen molar-refractivity contribution < 1.29 is 9.32 Å². The van der Waals surface area contributed by atoms with Crippen LogP contribution in [0.25, 0.3) is 10.8 Å². The van der Waals surface area contributed by atoms with Crippen molar-refractivity contribution in [3.63, 3.8) is 0 Å². The number of likely N-dealkylation sites (tertiary alicyclic amines) is 1. The van der Waals surface area contributed by atoms with Crippen LogP contribution in [0.2, 0.25) is 0 Å². The fourth-order valence-corrected chi connectivity index (χ4v) is 3.63. The van der Waals surface area contributed by atoms with E-state index in [0.717, 1.165) is 11.3 Å². The lowest BCUT2D eigenvalue weighted by molar-refractivity contribution is 0.0778. The van der Waals surface area contributed by atoms with E-state index in [4.69, 9.17) is 4.52 Å². The Labute approximate surface area is 142 Å². The fraction of sp³-hybridized carbons (Fsp3) is 0.375. The summed E-state index contributed by atoms with van der Waals surface area (Å²) in [6.45, 7) is 3.96. The maximum atomic E-state index is 12.7. The minimum absolute atomic E-state index is 0.0128. The van der Waals surface area contributed by atoms with E-state index >= 15 is 0 Å². The fourth-order valence-electron chi connectivity index (χ4n) is 2.98. The normalized spacial score (nSPS) is 17.5. The van der Waals surface area contributed by atoms with Gasteiger partial charge in [0.1, 0.15) is 5.69 Å². The summed E-state index contributed by atoms with van der Waals surface area (Å²) in [5.74, 6) is 1.36. The SMILES string of the molecule is CCn1nccc1C(=O)N1CC[C@H](c2noc(-c3cccs3)n2)C1. The van der Waals surface area contributed by atoms with E-state index in [1.54, 1.807) is 28.3 Å². The highest BCUT2D eigenvalue weighted by Crippen LogP contribution is 2.29. The van der Waals surface area contributed by atoms with Gasteiger partial charge in [-0.05, 0) is 30.9 Å². The van der Waals surface area contributed by atoms with Crippen molar-refractivity contribution in [3.8, 4) is 10.8 Å². The Hall–Kier alpha value is -2.48. The average molecular weight is 343 g/mol. The predicted molar refractivity (Wildman–Crippen MR) is 88.8 cm³/mol. The number of thiophene rings is 1. The number of carbonyl (C=O) groups excluding carboxylic acids is 1. The number of aryl methyl sites for hydroxylation is 1. The molecule has 4 heterocycles. The summed E-state index contributed by atoms with van der Waals surface area (Å²) in [6, 6.07) is 5.68. The summed E-state index contributed by atoms with van der Waals surface area (Å²) in [5.41, 5.74) is 0.630. The molecule has 1 atom stereocenters. The summed E-state index contributed by atoms with van der Waals surface area (Å²) in [4.78, 5) is 20.0. The van der Waals surface area contributed by atoms with Crippen LogP contribution in [0.15, 0.2) is 34.3 Å². The molecule has 1 aliphatic rings. The van der Waals surface area contributed by atoms with E-state index in [0.29, 0.717) is 37.0 Å². The highest BCUT2D eigenvalue weighted by atomic mass is 32.1. The molecule has 0 N–H and O–H groups in total. The minimum atomic E-state index is 0.0128. The highest BCUT2D eigenvalue weighted by Gasteiger charge is 2.32. The van der Waals surface area contributed by atoms with Gasteiger partial charge in [-0.15, -0.1) is 11.3 Å². The van der Waals surface area contributed by atoms with Crippen molar-refractivity contribution >= 4 is 17.2 Å². The van der Waals surface area contributed by atoms with Gasteiger partial charge < -0.3 is 9.42 Å². The summed E-state index contributed by atoms with van der Waals surface area (Å²) in [7, 11) is 0. The van der Waals surface area contributed by atoms with Crippen molar-refractivity contribution in [1.82, 2.24) is 24.8 Å². The average Bonchev–Trinajstić information content (AvgIpc) is 3.41. The number of nitrogens with zero attached hydrogens (tertiary/aromatic N) is 5. The monoisotopic (exact) mass is 343 g/mol. The molecule has 3 aromatic rings. The second-order valence-electron chi connectivity index (χ2n) is 5.70. The Morgan fingerprint density at radius 1 is 1.46 bits per heavy atom. The Bertz CT molecular complexity index is 838. The summed E-state index contributed by atoms with van der Waals surface area (Å²) >= 11 is 1.57. The zero-order valence-electron chi connectivity index (χ0n) is 13.3. The minimum Gasteiger partial charge on any atom is -0.337 e. The van der Waals surface area contributed by atoms with E-state index in [1.165, 1.54) is 0 Å². The lowest BCUT2D eigenvalue weighted by Crippen LogP contribution is -2.30. The van der Waals surface area contributed by atoms with E-state index in [1.807, 2.05) is 29.3 Å². The molecule has 4 rings (SSSR count). The molecule has 1 fully saturated rings. The molecule has 0 bridgehead atoms. The number of hydrogen-bond donors (Lipinski definition) is 0. The largest absolute Gasteiger partial charge is 0.337 e. The van der Waals surface area contributed by atoms with Crippen molar-refractivity contribution in [2.75, 3.05) is 13.1 Å². The van der Waals surface area contributed by atoms with E-state index in [9.17, 15) is 4.79 Å². The first-order valence-corrected chi connectivity index (χ1v) is 8.82. The number of aromatic nitrogens is 4. The van der Waals surface area contributed by atoms with Crippen molar-refractivity contribution in [3.05, 3.63) is 41.3 Å². The predicted octanol–water partition coefficient (Wildman–Crippen LogP) is 2.64. The van der Waals surface area contributed by atoms with Crippen LogP contribution in [0, 0.1) is 0 Å². The zero-order valence-corrected chi connectivity index (χ0v) is 14.1. The maximum absolute atomic E-state index is 12.7. The first kappa shape index (κ1) is 15.1. The molecule has 0 aromatic carbocycles. The maximum Gasteiger partial charge on any atom is 0.272 e. The van der Waals surface area contributed by atoms with Gasteiger partial charge in [-0.2, -0.15) is 10.1 Å². The van der Waals surface area contributed by atoms with Crippen LogP contribution in [-0.2, 0) is 6.54 Å². The summed E-state index contributed by atoms with van der Waals surface area (Å²) in [5, 5.41) is 10.3. The molecule has 7 nitrogen and oxygen atoms in total. The molecule has 0 saturated carbocycles. The Morgan fingerprint density at radius 3 is 3.17 bits per heavy atom. The van der Waals surface area contributed by atoms with Gasteiger partial charge >= 0.3 is 0 Å². The third-order valence-corrected chi connectivity index (χ3v) is 5.11. The third-order valence-electron chi connectivity index (χ3n) is 4.25. The second kappa shape index (κ2) is 6.20. The number of amides is 1. The first-order valence-electron chi connectivity index (χ1n) is 7.95. The number of rotatable bonds is 4. The molecular formula is C16H17N5O2S. The molecular weight excluding hydrogens is 326 g/mol. The van der Waals surface area contributed by atoms with Crippen LogP contribution in [-0.4, -0.2) is 43.8 Å². The van der Waals surface area contributed by atoms with Crippen molar-refractivity contribution in [2.24, 2.45) is 0 Å². The van der Waals surface area contributed by atoms with Gasteiger partial charge in [0.25, 0.3) is 11.8 Å². The number of carbonyl (C=O) groups is 1. The first-order chi connectivity index (χ1) is 11.8. The van der Waals surface area contributed by atoms with Gasteiger partial charge in [0.15, 0.2) is 5.82 Å². The van der Waals surface area contributed by atoms with Crippen LogP contribution < -0.4 is 0 Å². The molecule has 0 aliphatic carbocycles. The van der Waals surface area contributed by atoms with Crippen LogP contribution in [0.3, 0.4) is 0 Å². The molecule has 8 heteroatoms. The van der Waals surface area contributed by atoms with E-state index in [-0.39, 0.29) is 11.8 Å². The summed E-state index contributed by atoms with van der Waals surface area (Å²) < 4.78 is 7.08.